The highest BCUT2D eigenvalue weighted by Gasteiger charge is 2.51. The van der Waals surface area contributed by atoms with Crippen molar-refractivity contribution in [2.45, 2.75) is 57.6 Å². The van der Waals surface area contributed by atoms with Gasteiger partial charge in [-0.15, -0.1) is 6.42 Å². The molecule has 2 fully saturated rings. The van der Waals surface area contributed by atoms with E-state index in [9.17, 15) is 4.79 Å². The summed E-state index contributed by atoms with van der Waals surface area (Å²) in [5, 5.41) is 0. The molecule has 2 saturated heterocycles. The van der Waals surface area contributed by atoms with Crippen molar-refractivity contribution in [2.75, 3.05) is 6.61 Å². The summed E-state index contributed by atoms with van der Waals surface area (Å²) in [6, 6.07) is 0. The molecule has 0 spiro atoms. The van der Waals surface area contributed by atoms with Crippen LogP contribution >= 0.6 is 0 Å². The monoisotopic (exact) mass is 254 g/mol. The zero-order chi connectivity index (χ0) is 13.6. The summed E-state index contributed by atoms with van der Waals surface area (Å²) in [5.41, 5.74) is 0. The van der Waals surface area contributed by atoms with Crippen LogP contribution < -0.4 is 0 Å². The molecule has 2 heterocycles. The maximum Gasteiger partial charge on any atom is 0.236 e. The van der Waals surface area contributed by atoms with Crippen LogP contribution in [0.1, 0.15) is 27.7 Å². The Labute approximate surface area is 107 Å². The second kappa shape index (κ2) is 4.32. The van der Waals surface area contributed by atoms with Gasteiger partial charge in [-0.05, 0) is 33.6 Å². The third-order valence-corrected chi connectivity index (χ3v) is 2.93. The van der Waals surface area contributed by atoms with Gasteiger partial charge >= 0.3 is 0 Å². The Hall–Kier alpha value is -0.930. The van der Waals surface area contributed by atoms with Crippen LogP contribution in [0.2, 0.25) is 0 Å². The highest BCUT2D eigenvalue weighted by molar-refractivity contribution is 5.99. The van der Waals surface area contributed by atoms with E-state index in [1.165, 1.54) is 0 Å². The quantitative estimate of drug-likeness (QED) is 0.540. The van der Waals surface area contributed by atoms with Gasteiger partial charge in [-0.1, -0.05) is 0 Å². The van der Waals surface area contributed by atoms with Crippen LogP contribution in [-0.2, 0) is 23.7 Å². The van der Waals surface area contributed by atoms with E-state index in [1.54, 1.807) is 13.8 Å². The van der Waals surface area contributed by atoms with Crippen molar-refractivity contribution in [2.24, 2.45) is 0 Å². The molecule has 3 atom stereocenters. The minimum absolute atomic E-state index is 0.353. The Kier molecular flexibility index (Phi) is 3.24. The van der Waals surface area contributed by atoms with E-state index in [0.29, 0.717) is 6.61 Å². The number of carbonyl (C=O) groups is 1. The second-order valence-corrected chi connectivity index (χ2v) is 5.40. The largest absolute Gasteiger partial charge is 0.348 e. The molecule has 2 aliphatic heterocycles. The Bertz CT molecular complexity index is 393. The van der Waals surface area contributed by atoms with E-state index in [0.717, 1.165) is 0 Å². The molecule has 0 amide bonds. The zero-order valence-electron chi connectivity index (χ0n) is 11.1. The Balaban J connectivity index is 2.16. The van der Waals surface area contributed by atoms with Crippen LogP contribution in [0.4, 0.5) is 0 Å². The summed E-state index contributed by atoms with van der Waals surface area (Å²) in [4.78, 5) is 11.7. The van der Waals surface area contributed by atoms with Crippen molar-refractivity contribution in [3.8, 4) is 12.3 Å². The van der Waals surface area contributed by atoms with Crippen molar-refractivity contribution >= 4 is 5.78 Å². The molecule has 5 nitrogen and oxygen atoms in total. The number of hydrogen-bond donors (Lipinski definition) is 0. The molecule has 100 valence electrons. The molecule has 0 saturated carbocycles. The third kappa shape index (κ3) is 2.57. The molecule has 0 bridgehead atoms. The molecule has 0 aromatic heterocycles. The van der Waals surface area contributed by atoms with Gasteiger partial charge in [-0.25, -0.2) is 0 Å². The first-order chi connectivity index (χ1) is 8.24. The molecule has 0 radical (unpaired) electrons. The maximum atomic E-state index is 11.7. The summed E-state index contributed by atoms with van der Waals surface area (Å²) in [7, 11) is 0. The lowest BCUT2D eigenvalue weighted by molar-refractivity contribution is -0.174. The highest BCUT2D eigenvalue weighted by atomic mass is 16.8. The van der Waals surface area contributed by atoms with E-state index < -0.39 is 29.6 Å². The highest BCUT2D eigenvalue weighted by Crippen LogP contribution is 2.35. The SMILES string of the molecule is C#CC(=O)[C@@H]1OC(C)(C)O[C@H]1[C@H]1COC(C)(C)O1. The first-order valence-corrected chi connectivity index (χ1v) is 5.92. The first kappa shape index (κ1) is 13.5. The Morgan fingerprint density at radius 3 is 2.33 bits per heavy atom. The summed E-state index contributed by atoms with van der Waals surface area (Å²) in [6.07, 6.45) is 3.45. The number of ether oxygens (including phenoxy) is 4. The molecule has 18 heavy (non-hydrogen) atoms. The van der Waals surface area contributed by atoms with Gasteiger partial charge < -0.3 is 18.9 Å². The van der Waals surface area contributed by atoms with Crippen LogP contribution in [0.5, 0.6) is 0 Å². The smallest absolute Gasteiger partial charge is 0.236 e. The Morgan fingerprint density at radius 2 is 1.83 bits per heavy atom. The lowest BCUT2D eigenvalue weighted by Gasteiger charge is -2.22. The number of Topliss-reactive ketones (excluding diaryl/α,β-unsaturated/α-hetero) is 1. The van der Waals surface area contributed by atoms with Crippen LogP contribution in [0, 0.1) is 12.3 Å². The maximum absolute atomic E-state index is 11.7. The van der Waals surface area contributed by atoms with E-state index >= 15 is 0 Å². The predicted molar refractivity (Wildman–Crippen MR) is 62.6 cm³/mol. The molecule has 0 aliphatic carbocycles. The number of rotatable bonds is 2. The van der Waals surface area contributed by atoms with Gasteiger partial charge in [0, 0.05) is 0 Å². The summed E-state index contributed by atoms with van der Waals surface area (Å²) >= 11 is 0. The minimum Gasteiger partial charge on any atom is -0.348 e. The van der Waals surface area contributed by atoms with Crippen LogP contribution in [0.3, 0.4) is 0 Å². The van der Waals surface area contributed by atoms with E-state index in [1.807, 2.05) is 13.8 Å². The second-order valence-electron chi connectivity index (χ2n) is 5.40. The Morgan fingerprint density at radius 1 is 1.17 bits per heavy atom. The molecule has 0 aromatic carbocycles. The first-order valence-electron chi connectivity index (χ1n) is 5.92. The van der Waals surface area contributed by atoms with Crippen molar-refractivity contribution in [1.82, 2.24) is 0 Å². The standard InChI is InChI=1S/C13H18O5/c1-6-8(14)10-11(18-13(4,5)17-10)9-7-15-12(2,3)16-9/h1,9-11H,7H2,2-5H3/t9-,10+,11+/m1/s1. The number of carbonyl (C=O) groups excluding carboxylic acids is 1. The number of ketones is 1. The van der Waals surface area contributed by atoms with Gasteiger partial charge in [0.2, 0.25) is 5.78 Å². The van der Waals surface area contributed by atoms with Gasteiger partial charge in [0.05, 0.1) is 6.61 Å². The van der Waals surface area contributed by atoms with E-state index in [2.05, 4.69) is 5.92 Å². The van der Waals surface area contributed by atoms with Crippen molar-refractivity contribution in [3.63, 3.8) is 0 Å². The summed E-state index contributed by atoms with van der Waals surface area (Å²) < 4.78 is 22.4. The molecule has 5 heteroatoms. The summed E-state index contributed by atoms with van der Waals surface area (Å²) in [5.74, 6) is 0.122. The molecule has 0 unspecified atom stereocenters. The zero-order valence-corrected chi connectivity index (χ0v) is 11.1. The van der Waals surface area contributed by atoms with Crippen molar-refractivity contribution < 1.29 is 23.7 Å². The number of terminal acetylenes is 1. The topological polar surface area (TPSA) is 54.0 Å². The van der Waals surface area contributed by atoms with Gasteiger partial charge in [0.25, 0.3) is 0 Å². The lowest BCUT2D eigenvalue weighted by atomic mass is 10.1. The third-order valence-electron chi connectivity index (χ3n) is 2.93. The fourth-order valence-corrected chi connectivity index (χ4v) is 2.22. The molecular formula is C13H18O5. The van der Waals surface area contributed by atoms with Crippen LogP contribution in [-0.4, -0.2) is 42.3 Å². The van der Waals surface area contributed by atoms with E-state index in [-0.39, 0.29) is 6.10 Å². The average molecular weight is 254 g/mol. The molecule has 2 rings (SSSR count). The van der Waals surface area contributed by atoms with Crippen LogP contribution in [0.25, 0.3) is 0 Å². The fraction of sp³-hybridized carbons (Fsp3) is 0.769. The van der Waals surface area contributed by atoms with Crippen molar-refractivity contribution in [3.05, 3.63) is 0 Å². The van der Waals surface area contributed by atoms with E-state index in [4.69, 9.17) is 25.4 Å². The number of hydrogen-bond acceptors (Lipinski definition) is 5. The van der Waals surface area contributed by atoms with Crippen molar-refractivity contribution in [1.29, 1.82) is 0 Å². The van der Waals surface area contributed by atoms with Crippen LogP contribution in [0.15, 0.2) is 0 Å². The fourth-order valence-electron chi connectivity index (χ4n) is 2.22. The van der Waals surface area contributed by atoms with Gasteiger partial charge in [0.15, 0.2) is 17.7 Å². The lowest BCUT2D eigenvalue weighted by Crippen LogP contribution is -2.41. The minimum atomic E-state index is -0.849. The van der Waals surface area contributed by atoms with Gasteiger partial charge in [-0.3, -0.25) is 4.79 Å². The normalized spacial score (nSPS) is 37.4. The summed E-state index contributed by atoms with van der Waals surface area (Å²) in [6.45, 7) is 7.46. The average Bonchev–Trinajstić information content (AvgIpc) is 2.77. The van der Waals surface area contributed by atoms with Gasteiger partial charge in [0.1, 0.15) is 12.2 Å². The molecule has 0 aromatic rings. The molecule has 0 N–H and O–H groups in total. The predicted octanol–water partition coefficient (Wildman–Crippen LogP) is 0.860. The van der Waals surface area contributed by atoms with Gasteiger partial charge in [-0.2, -0.15) is 0 Å². The molecule has 2 aliphatic rings. The molecular weight excluding hydrogens is 236 g/mol.